The van der Waals surface area contributed by atoms with Crippen LogP contribution in [0.5, 0.6) is 0 Å². The Balaban J connectivity index is 0.00000338. The Morgan fingerprint density at radius 3 is 2.50 bits per heavy atom. The highest BCUT2D eigenvalue weighted by atomic mass is 35.5. The van der Waals surface area contributed by atoms with Crippen molar-refractivity contribution < 1.29 is 14.7 Å². The fourth-order valence-electron chi connectivity index (χ4n) is 2.31. The summed E-state index contributed by atoms with van der Waals surface area (Å²) in [6, 6.07) is 12.3. The van der Waals surface area contributed by atoms with E-state index in [9.17, 15) is 9.59 Å². The number of carbonyl (C=O) groups excluding carboxylic acids is 1. The SMILES string of the molecule is C/C(=C\C(=O)O)c1ccc(CC(C)NC(=O)c2ccc(C#N)cc2)s1.Cl. The Kier molecular flexibility index (Phi) is 8.04. The van der Waals surface area contributed by atoms with Crippen molar-refractivity contribution in [3.05, 3.63) is 63.4 Å². The van der Waals surface area contributed by atoms with E-state index in [1.807, 2.05) is 25.1 Å². The van der Waals surface area contributed by atoms with E-state index < -0.39 is 5.97 Å². The predicted molar refractivity (Wildman–Crippen MR) is 105 cm³/mol. The number of carboxylic acid groups (broad SMARTS) is 1. The Bertz CT molecular complexity index is 850. The number of allylic oxidation sites excluding steroid dienone is 1. The van der Waals surface area contributed by atoms with Crippen LogP contribution < -0.4 is 5.32 Å². The van der Waals surface area contributed by atoms with Gasteiger partial charge in [-0.25, -0.2) is 4.79 Å². The van der Waals surface area contributed by atoms with Gasteiger partial charge in [0.1, 0.15) is 0 Å². The summed E-state index contributed by atoms with van der Waals surface area (Å²) in [4.78, 5) is 24.9. The van der Waals surface area contributed by atoms with Crippen LogP contribution in [0.4, 0.5) is 0 Å². The molecular formula is C19H19ClN2O3S. The molecule has 136 valence electrons. The van der Waals surface area contributed by atoms with Gasteiger partial charge < -0.3 is 10.4 Å². The Labute approximate surface area is 162 Å². The lowest BCUT2D eigenvalue weighted by Gasteiger charge is -2.13. The molecule has 1 unspecified atom stereocenters. The predicted octanol–water partition coefficient (Wildman–Crippen LogP) is 3.89. The molecule has 2 N–H and O–H groups in total. The molecule has 2 aromatic rings. The topological polar surface area (TPSA) is 90.2 Å². The zero-order chi connectivity index (χ0) is 18.4. The first-order valence-corrected chi connectivity index (χ1v) is 8.52. The molecule has 0 aliphatic rings. The second kappa shape index (κ2) is 9.76. The van der Waals surface area contributed by atoms with Gasteiger partial charge in [-0.3, -0.25) is 4.79 Å². The summed E-state index contributed by atoms with van der Waals surface area (Å²) in [6.45, 7) is 3.68. The van der Waals surface area contributed by atoms with E-state index in [1.165, 1.54) is 17.4 Å². The van der Waals surface area contributed by atoms with E-state index in [0.717, 1.165) is 9.75 Å². The monoisotopic (exact) mass is 390 g/mol. The number of aliphatic carboxylic acids is 1. The van der Waals surface area contributed by atoms with Crippen molar-refractivity contribution in [1.82, 2.24) is 5.32 Å². The number of hydrogen-bond donors (Lipinski definition) is 2. The number of nitrogens with one attached hydrogen (secondary N) is 1. The van der Waals surface area contributed by atoms with Gasteiger partial charge in [0, 0.05) is 33.9 Å². The second-order valence-corrected chi connectivity index (χ2v) is 6.87. The van der Waals surface area contributed by atoms with E-state index in [-0.39, 0.29) is 24.4 Å². The maximum absolute atomic E-state index is 12.2. The number of thiophene rings is 1. The summed E-state index contributed by atoms with van der Waals surface area (Å²) in [5.74, 6) is -1.15. The molecule has 0 bridgehead atoms. The maximum atomic E-state index is 12.2. The van der Waals surface area contributed by atoms with Crippen LogP contribution in [-0.4, -0.2) is 23.0 Å². The summed E-state index contributed by atoms with van der Waals surface area (Å²) in [5, 5.41) is 20.5. The number of carboxylic acids is 1. The molecule has 0 saturated carbocycles. The maximum Gasteiger partial charge on any atom is 0.328 e. The number of hydrogen-bond acceptors (Lipinski definition) is 4. The van der Waals surface area contributed by atoms with Gasteiger partial charge in [-0.2, -0.15) is 5.26 Å². The van der Waals surface area contributed by atoms with Crippen molar-refractivity contribution in [2.24, 2.45) is 0 Å². The van der Waals surface area contributed by atoms with E-state index >= 15 is 0 Å². The van der Waals surface area contributed by atoms with Gasteiger partial charge in [-0.1, -0.05) is 0 Å². The van der Waals surface area contributed by atoms with Crippen molar-refractivity contribution in [3.8, 4) is 6.07 Å². The molecule has 0 aliphatic heterocycles. The van der Waals surface area contributed by atoms with Crippen LogP contribution in [0.15, 0.2) is 42.5 Å². The molecule has 1 heterocycles. The van der Waals surface area contributed by atoms with E-state index in [2.05, 4.69) is 5.32 Å². The molecule has 2 rings (SSSR count). The van der Waals surface area contributed by atoms with Gasteiger partial charge >= 0.3 is 5.97 Å². The lowest BCUT2D eigenvalue weighted by molar-refractivity contribution is -0.131. The number of carbonyl (C=O) groups is 2. The zero-order valence-corrected chi connectivity index (χ0v) is 16.0. The first kappa shape index (κ1) is 21.4. The van der Waals surface area contributed by atoms with Gasteiger partial charge in [0.2, 0.25) is 0 Å². The second-order valence-electron chi connectivity index (χ2n) is 5.70. The quantitative estimate of drug-likeness (QED) is 0.732. The van der Waals surface area contributed by atoms with Crippen molar-refractivity contribution >= 4 is 41.2 Å². The average Bonchev–Trinajstić information content (AvgIpc) is 3.02. The molecule has 0 saturated heterocycles. The van der Waals surface area contributed by atoms with Crippen molar-refractivity contribution in [2.75, 3.05) is 0 Å². The van der Waals surface area contributed by atoms with E-state index in [1.54, 1.807) is 31.2 Å². The number of rotatable bonds is 6. The minimum atomic E-state index is -0.963. The normalized spacial score (nSPS) is 11.8. The van der Waals surface area contributed by atoms with E-state index in [0.29, 0.717) is 23.1 Å². The number of benzene rings is 1. The number of amides is 1. The molecule has 1 atom stereocenters. The molecule has 5 nitrogen and oxygen atoms in total. The molecular weight excluding hydrogens is 372 g/mol. The van der Waals surface area contributed by atoms with Crippen LogP contribution in [0, 0.1) is 11.3 Å². The van der Waals surface area contributed by atoms with Crippen LogP contribution in [0.3, 0.4) is 0 Å². The molecule has 0 aliphatic carbocycles. The summed E-state index contributed by atoms with van der Waals surface area (Å²) < 4.78 is 0. The molecule has 0 radical (unpaired) electrons. The smallest absolute Gasteiger partial charge is 0.328 e. The average molecular weight is 391 g/mol. The molecule has 0 spiro atoms. The van der Waals surface area contributed by atoms with Crippen molar-refractivity contribution in [1.29, 1.82) is 5.26 Å². The Morgan fingerprint density at radius 2 is 1.92 bits per heavy atom. The third kappa shape index (κ3) is 6.03. The fourth-order valence-corrected chi connectivity index (χ4v) is 3.42. The molecule has 1 aromatic carbocycles. The lowest BCUT2D eigenvalue weighted by Crippen LogP contribution is -2.33. The minimum Gasteiger partial charge on any atom is -0.478 e. The summed E-state index contributed by atoms with van der Waals surface area (Å²) in [6.07, 6.45) is 1.85. The number of nitrogens with zero attached hydrogens (tertiary/aromatic N) is 1. The van der Waals surface area contributed by atoms with Gasteiger partial charge in [-0.15, -0.1) is 23.7 Å². The first-order valence-electron chi connectivity index (χ1n) is 7.70. The Hall–Kier alpha value is -2.62. The number of halogens is 1. The first-order chi connectivity index (χ1) is 11.9. The van der Waals surface area contributed by atoms with Crippen molar-refractivity contribution in [3.63, 3.8) is 0 Å². The summed E-state index contributed by atoms with van der Waals surface area (Å²) in [5.41, 5.74) is 1.73. The third-order valence-corrected chi connectivity index (χ3v) is 4.79. The lowest BCUT2D eigenvalue weighted by atomic mass is 10.1. The fraction of sp³-hybridized carbons (Fsp3) is 0.211. The minimum absolute atomic E-state index is 0. The molecule has 1 amide bonds. The highest BCUT2D eigenvalue weighted by molar-refractivity contribution is 7.13. The highest BCUT2D eigenvalue weighted by Gasteiger charge is 2.12. The molecule has 7 heteroatoms. The van der Waals surface area contributed by atoms with Crippen LogP contribution in [0.25, 0.3) is 5.57 Å². The summed E-state index contributed by atoms with van der Waals surface area (Å²) >= 11 is 1.52. The molecule has 26 heavy (non-hydrogen) atoms. The molecule has 1 aromatic heterocycles. The molecule has 0 fully saturated rings. The van der Waals surface area contributed by atoms with Crippen molar-refractivity contribution in [2.45, 2.75) is 26.3 Å². The zero-order valence-electron chi connectivity index (χ0n) is 14.4. The van der Waals surface area contributed by atoms with Gasteiger partial charge in [-0.05, 0) is 55.8 Å². The van der Waals surface area contributed by atoms with Crippen LogP contribution in [0.2, 0.25) is 0 Å². The number of nitriles is 1. The standard InChI is InChI=1S/C19H18N2O3S.ClH/c1-12(9-18(22)23)17-8-7-16(25-17)10-13(2)21-19(24)15-5-3-14(11-20)4-6-15;/h3-9,13H,10H2,1-2H3,(H,21,24)(H,22,23);1H/b12-9+;. The summed E-state index contributed by atoms with van der Waals surface area (Å²) in [7, 11) is 0. The van der Waals surface area contributed by atoms with Crippen LogP contribution in [-0.2, 0) is 11.2 Å². The van der Waals surface area contributed by atoms with Crippen LogP contribution >= 0.6 is 23.7 Å². The third-order valence-electron chi connectivity index (χ3n) is 3.55. The van der Waals surface area contributed by atoms with Gasteiger partial charge in [0.05, 0.1) is 11.6 Å². The largest absolute Gasteiger partial charge is 0.478 e. The Morgan fingerprint density at radius 1 is 1.27 bits per heavy atom. The highest BCUT2D eigenvalue weighted by Crippen LogP contribution is 2.25. The van der Waals surface area contributed by atoms with E-state index in [4.69, 9.17) is 10.4 Å². The van der Waals surface area contributed by atoms with Crippen LogP contribution in [0.1, 0.15) is 39.5 Å². The van der Waals surface area contributed by atoms with Gasteiger partial charge in [0.25, 0.3) is 5.91 Å². The van der Waals surface area contributed by atoms with Gasteiger partial charge in [0.15, 0.2) is 0 Å².